The second-order valence-electron chi connectivity index (χ2n) is 3.72. The van der Waals surface area contributed by atoms with Crippen LogP contribution in [0.1, 0.15) is 27.2 Å². The maximum atomic E-state index is 4.06. The summed E-state index contributed by atoms with van der Waals surface area (Å²) >= 11 is 0. The molecule has 1 atom stereocenters. The minimum atomic E-state index is 0.579. The first-order chi connectivity index (χ1) is 5.49. The Morgan fingerprint density at radius 2 is 1.75 bits per heavy atom. The predicted molar refractivity (Wildman–Crippen MR) is 56.0 cm³/mol. The normalized spacial score (nSPS) is 12.8. The Morgan fingerprint density at radius 1 is 1.25 bits per heavy atom. The molecule has 1 N–H and O–H groups in total. The number of hydrogen-bond acceptors (Lipinski definition) is 1. The number of rotatable bonds is 5. The first-order valence-corrected chi connectivity index (χ1v) is 4.52. The molecule has 0 spiro atoms. The van der Waals surface area contributed by atoms with Crippen LogP contribution in [-0.4, -0.2) is 7.05 Å². The van der Waals surface area contributed by atoms with E-state index < -0.39 is 0 Å². The summed E-state index contributed by atoms with van der Waals surface area (Å²) in [5, 5.41) is 3.03. The van der Waals surface area contributed by atoms with Crippen molar-refractivity contribution in [3.8, 4) is 0 Å². The van der Waals surface area contributed by atoms with Gasteiger partial charge in [-0.2, -0.15) is 0 Å². The monoisotopic (exact) mass is 167 g/mol. The summed E-state index contributed by atoms with van der Waals surface area (Å²) in [4.78, 5) is 0. The van der Waals surface area contributed by atoms with Crippen LogP contribution in [-0.2, 0) is 0 Å². The molecular weight excluding hydrogens is 146 g/mol. The van der Waals surface area contributed by atoms with Crippen LogP contribution in [0.2, 0.25) is 0 Å². The summed E-state index contributed by atoms with van der Waals surface area (Å²) in [6.45, 7) is 14.6. The maximum Gasteiger partial charge on any atom is 0.00755 e. The van der Waals surface area contributed by atoms with Crippen molar-refractivity contribution in [2.75, 3.05) is 7.05 Å². The largest absolute Gasteiger partial charge is 0.392 e. The van der Waals surface area contributed by atoms with Crippen molar-refractivity contribution < 1.29 is 0 Å². The Labute approximate surface area is 76.6 Å². The van der Waals surface area contributed by atoms with E-state index in [1.54, 1.807) is 0 Å². The minimum absolute atomic E-state index is 0.579. The van der Waals surface area contributed by atoms with Crippen molar-refractivity contribution in [2.45, 2.75) is 27.2 Å². The van der Waals surface area contributed by atoms with Crippen LogP contribution in [0, 0.1) is 11.8 Å². The Bertz CT molecular complexity index is 168. The average molecular weight is 167 g/mol. The van der Waals surface area contributed by atoms with Crippen LogP contribution in [0.15, 0.2) is 24.4 Å². The lowest BCUT2D eigenvalue weighted by Crippen LogP contribution is -2.11. The van der Waals surface area contributed by atoms with Gasteiger partial charge in [0.1, 0.15) is 0 Å². The van der Waals surface area contributed by atoms with Gasteiger partial charge in [0.2, 0.25) is 0 Å². The summed E-state index contributed by atoms with van der Waals surface area (Å²) in [5.41, 5.74) is 2.32. The predicted octanol–water partition coefficient (Wildman–Crippen LogP) is 2.96. The van der Waals surface area contributed by atoms with Crippen molar-refractivity contribution >= 4 is 0 Å². The molecule has 0 aromatic rings. The molecule has 0 bridgehead atoms. The molecule has 0 aromatic heterocycles. The van der Waals surface area contributed by atoms with Crippen LogP contribution in [0.5, 0.6) is 0 Å². The molecule has 0 saturated carbocycles. The first-order valence-electron chi connectivity index (χ1n) is 4.52. The molecule has 1 nitrogen and oxygen atoms in total. The third-order valence-corrected chi connectivity index (χ3v) is 2.44. The highest BCUT2D eigenvalue weighted by Crippen LogP contribution is 2.22. The van der Waals surface area contributed by atoms with Gasteiger partial charge in [0.25, 0.3) is 0 Å². The van der Waals surface area contributed by atoms with E-state index in [4.69, 9.17) is 0 Å². The minimum Gasteiger partial charge on any atom is -0.392 e. The van der Waals surface area contributed by atoms with E-state index in [1.165, 1.54) is 5.57 Å². The van der Waals surface area contributed by atoms with E-state index in [2.05, 4.69) is 39.2 Å². The topological polar surface area (TPSA) is 12.0 Å². The highest BCUT2D eigenvalue weighted by atomic mass is 14.8. The second-order valence-corrected chi connectivity index (χ2v) is 3.72. The van der Waals surface area contributed by atoms with Gasteiger partial charge in [-0.3, -0.25) is 0 Å². The van der Waals surface area contributed by atoms with Crippen LogP contribution in [0.25, 0.3) is 0 Å². The van der Waals surface area contributed by atoms with Crippen molar-refractivity contribution in [1.82, 2.24) is 5.32 Å². The fraction of sp³-hybridized carbons (Fsp3) is 0.636. The standard InChI is InChI=1S/C11H21N/c1-8(2)11(5)9(3)7-10(4)12-6/h8,11-12H,3-4,7H2,1-2,5-6H3. The lowest BCUT2D eigenvalue weighted by molar-refractivity contribution is 0.472. The molecule has 0 aliphatic rings. The summed E-state index contributed by atoms with van der Waals surface area (Å²) in [7, 11) is 1.90. The van der Waals surface area contributed by atoms with E-state index in [1.807, 2.05) is 7.05 Å². The maximum absolute atomic E-state index is 4.06. The Morgan fingerprint density at radius 3 is 2.08 bits per heavy atom. The van der Waals surface area contributed by atoms with Gasteiger partial charge in [0.15, 0.2) is 0 Å². The Balaban J connectivity index is 3.96. The molecule has 0 amide bonds. The fourth-order valence-electron chi connectivity index (χ4n) is 0.995. The molecule has 0 radical (unpaired) electrons. The van der Waals surface area contributed by atoms with Crippen molar-refractivity contribution in [3.05, 3.63) is 24.4 Å². The molecule has 0 heterocycles. The number of hydrogen-bond donors (Lipinski definition) is 1. The van der Waals surface area contributed by atoms with Crippen molar-refractivity contribution in [1.29, 1.82) is 0 Å². The highest BCUT2D eigenvalue weighted by molar-refractivity contribution is 5.10. The van der Waals surface area contributed by atoms with Gasteiger partial charge < -0.3 is 5.32 Å². The summed E-state index contributed by atoms with van der Waals surface area (Å²) < 4.78 is 0. The molecule has 0 fully saturated rings. The summed E-state index contributed by atoms with van der Waals surface area (Å²) in [5.74, 6) is 1.25. The van der Waals surface area contributed by atoms with E-state index in [0.717, 1.165) is 12.1 Å². The van der Waals surface area contributed by atoms with Gasteiger partial charge in [-0.25, -0.2) is 0 Å². The van der Waals surface area contributed by atoms with Crippen LogP contribution >= 0.6 is 0 Å². The van der Waals surface area contributed by atoms with E-state index >= 15 is 0 Å². The first kappa shape index (κ1) is 11.3. The molecule has 70 valence electrons. The smallest absolute Gasteiger partial charge is 0.00755 e. The lowest BCUT2D eigenvalue weighted by atomic mass is 9.89. The zero-order valence-electron chi connectivity index (χ0n) is 8.78. The van der Waals surface area contributed by atoms with Gasteiger partial charge in [-0.1, -0.05) is 39.5 Å². The van der Waals surface area contributed by atoms with E-state index in [0.29, 0.717) is 11.8 Å². The van der Waals surface area contributed by atoms with Gasteiger partial charge in [0.05, 0.1) is 0 Å². The highest BCUT2D eigenvalue weighted by Gasteiger charge is 2.10. The molecule has 0 aliphatic carbocycles. The molecule has 0 saturated heterocycles. The Kier molecular flexibility index (Phi) is 4.72. The molecule has 0 rings (SSSR count). The summed E-state index contributed by atoms with van der Waals surface area (Å²) in [6.07, 6.45) is 0.899. The lowest BCUT2D eigenvalue weighted by Gasteiger charge is -2.19. The summed E-state index contributed by atoms with van der Waals surface area (Å²) in [6, 6.07) is 0. The van der Waals surface area contributed by atoms with E-state index in [9.17, 15) is 0 Å². The molecular formula is C11H21N. The van der Waals surface area contributed by atoms with Crippen molar-refractivity contribution in [3.63, 3.8) is 0 Å². The second kappa shape index (κ2) is 5.02. The quantitative estimate of drug-likeness (QED) is 0.621. The van der Waals surface area contributed by atoms with Gasteiger partial charge in [0, 0.05) is 19.2 Å². The third kappa shape index (κ3) is 3.61. The van der Waals surface area contributed by atoms with Crippen LogP contribution in [0.3, 0.4) is 0 Å². The SMILES string of the molecule is C=C(CC(=C)C(C)C(C)C)NC. The van der Waals surface area contributed by atoms with Crippen LogP contribution < -0.4 is 5.32 Å². The molecule has 0 aliphatic heterocycles. The van der Waals surface area contributed by atoms with Gasteiger partial charge in [-0.15, -0.1) is 0 Å². The Hall–Kier alpha value is -0.720. The number of nitrogens with one attached hydrogen (secondary N) is 1. The fourth-order valence-corrected chi connectivity index (χ4v) is 0.995. The number of allylic oxidation sites excluding steroid dienone is 1. The van der Waals surface area contributed by atoms with Crippen LogP contribution in [0.4, 0.5) is 0 Å². The zero-order chi connectivity index (χ0) is 9.72. The molecule has 12 heavy (non-hydrogen) atoms. The third-order valence-electron chi connectivity index (χ3n) is 2.44. The molecule has 1 heteroatoms. The van der Waals surface area contributed by atoms with Gasteiger partial charge >= 0.3 is 0 Å². The van der Waals surface area contributed by atoms with Gasteiger partial charge in [-0.05, 0) is 11.8 Å². The molecule has 1 unspecified atom stereocenters. The zero-order valence-corrected chi connectivity index (χ0v) is 8.78. The van der Waals surface area contributed by atoms with Crippen molar-refractivity contribution in [2.24, 2.45) is 11.8 Å². The average Bonchev–Trinajstić information content (AvgIpc) is 2.02. The molecule has 0 aromatic carbocycles. The van der Waals surface area contributed by atoms with E-state index in [-0.39, 0.29) is 0 Å².